The van der Waals surface area contributed by atoms with Gasteiger partial charge in [-0.05, 0) is 42.5 Å². The van der Waals surface area contributed by atoms with E-state index in [0.717, 1.165) is 42.6 Å². The number of hydrogen-bond donors (Lipinski definition) is 1. The normalized spacial score (nSPS) is 19.4. The fourth-order valence-electron chi connectivity index (χ4n) is 3.25. The molecule has 5 nitrogen and oxygen atoms in total. The van der Waals surface area contributed by atoms with Crippen molar-refractivity contribution in [2.75, 3.05) is 5.32 Å². The van der Waals surface area contributed by atoms with E-state index in [2.05, 4.69) is 15.5 Å². The van der Waals surface area contributed by atoms with E-state index >= 15 is 0 Å². The maximum absolute atomic E-state index is 13.2. The third-order valence-corrected chi connectivity index (χ3v) is 4.30. The van der Waals surface area contributed by atoms with E-state index in [9.17, 15) is 9.18 Å². The first kappa shape index (κ1) is 12.5. The number of rotatable bonds is 2. The molecule has 108 valence electrons. The molecule has 0 saturated heterocycles. The highest BCUT2D eigenvalue weighted by molar-refractivity contribution is 5.42. The second-order valence-corrected chi connectivity index (χ2v) is 5.60. The smallest absolute Gasteiger partial charge is 0.296 e. The second kappa shape index (κ2) is 4.65. The Morgan fingerprint density at radius 2 is 2.19 bits per heavy atom. The fourth-order valence-corrected chi connectivity index (χ4v) is 3.25. The van der Waals surface area contributed by atoms with Crippen LogP contribution in [-0.4, -0.2) is 14.8 Å². The monoisotopic (exact) mass is 286 g/mol. The van der Waals surface area contributed by atoms with Crippen LogP contribution in [0.5, 0.6) is 0 Å². The Hall–Kier alpha value is -2.24. The van der Waals surface area contributed by atoms with E-state index in [0.29, 0.717) is 12.4 Å². The van der Waals surface area contributed by atoms with Gasteiger partial charge < -0.3 is 5.32 Å². The van der Waals surface area contributed by atoms with E-state index in [4.69, 9.17) is 0 Å². The van der Waals surface area contributed by atoms with Crippen LogP contribution in [0.15, 0.2) is 23.0 Å². The summed E-state index contributed by atoms with van der Waals surface area (Å²) < 4.78 is 14.9. The first-order chi connectivity index (χ1) is 10.2. The van der Waals surface area contributed by atoms with Crippen molar-refractivity contribution in [1.82, 2.24) is 14.8 Å². The minimum Gasteiger partial charge on any atom is -0.357 e. The molecular weight excluding hydrogens is 271 g/mol. The lowest BCUT2D eigenvalue weighted by Gasteiger charge is -2.14. The van der Waals surface area contributed by atoms with Gasteiger partial charge in [0.05, 0.1) is 6.04 Å². The van der Waals surface area contributed by atoms with Crippen molar-refractivity contribution in [2.45, 2.75) is 38.3 Å². The van der Waals surface area contributed by atoms with Crippen molar-refractivity contribution in [1.29, 1.82) is 0 Å². The summed E-state index contributed by atoms with van der Waals surface area (Å²) in [5, 5.41) is 11.3. The average molecular weight is 286 g/mol. The predicted octanol–water partition coefficient (Wildman–Crippen LogP) is 1.82. The second-order valence-electron chi connectivity index (χ2n) is 5.60. The van der Waals surface area contributed by atoms with Gasteiger partial charge in [-0.15, -0.1) is 10.2 Å². The summed E-state index contributed by atoms with van der Waals surface area (Å²) in [6.07, 6.45) is 3.40. The molecule has 0 bridgehead atoms. The lowest BCUT2D eigenvalue weighted by Crippen LogP contribution is -2.27. The molecule has 1 aliphatic carbocycles. The highest BCUT2D eigenvalue weighted by Crippen LogP contribution is 2.33. The zero-order valence-corrected chi connectivity index (χ0v) is 11.5. The van der Waals surface area contributed by atoms with E-state index < -0.39 is 0 Å². The molecule has 1 aromatic heterocycles. The Bertz CT molecular complexity index is 771. The number of nitrogens with zero attached hydrogens (tertiary/aromatic N) is 3. The summed E-state index contributed by atoms with van der Waals surface area (Å²) in [6.45, 7) is 0.713. The molecule has 0 fully saturated rings. The molecule has 1 N–H and O–H groups in total. The molecule has 0 spiro atoms. The minimum atomic E-state index is -0.216. The van der Waals surface area contributed by atoms with Crippen LogP contribution in [0.3, 0.4) is 0 Å². The van der Waals surface area contributed by atoms with Crippen LogP contribution in [0.25, 0.3) is 0 Å². The van der Waals surface area contributed by atoms with Gasteiger partial charge in [-0.2, -0.15) is 0 Å². The molecule has 0 amide bonds. The number of hydrogen-bond acceptors (Lipinski definition) is 4. The van der Waals surface area contributed by atoms with Crippen LogP contribution in [-0.2, 0) is 19.4 Å². The van der Waals surface area contributed by atoms with Crippen molar-refractivity contribution in [3.8, 4) is 0 Å². The number of fused-ring (bicyclic) bond motifs is 2. The van der Waals surface area contributed by atoms with Gasteiger partial charge in [-0.25, -0.2) is 4.39 Å². The zero-order chi connectivity index (χ0) is 14.4. The molecule has 1 aliphatic heterocycles. The summed E-state index contributed by atoms with van der Waals surface area (Å²) in [7, 11) is 0. The number of aryl methyl sites for hydroxylation is 2. The van der Waals surface area contributed by atoms with Crippen LogP contribution in [0, 0.1) is 5.82 Å². The molecule has 2 aliphatic rings. The lowest BCUT2D eigenvalue weighted by molar-refractivity contribution is 0.626. The Kier molecular flexibility index (Phi) is 2.77. The number of aromatic nitrogens is 3. The van der Waals surface area contributed by atoms with Gasteiger partial charge >= 0.3 is 0 Å². The summed E-state index contributed by atoms with van der Waals surface area (Å²) in [4.78, 5) is 12.4. The largest absolute Gasteiger partial charge is 0.357 e. The van der Waals surface area contributed by atoms with Crippen molar-refractivity contribution in [2.24, 2.45) is 0 Å². The standard InChI is InChI=1S/C15H15FN4O/c16-10-4-5-11-9(8-10)3-6-12(11)17-14-15(21)20-7-1-2-13(20)18-19-14/h4-5,8,12H,1-3,6-7H2,(H,17,19)/t12-/m1/s1. The lowest BCUT2D eigenvalue weighted by atomic mass is 10.1. The summed E-state index contributed by atoms with van der Waals surface area (Å²) >= 11 is 0. The molecule has 6 heteroatoms. The minimum absolute atomic E-state index is 0.00246. The van der Waals surface area contributed by atoms with Gasteiger partial charge in [-0.3, -0.25) is 9.36 Å². The van der Waals surface area contributed by atoms with E-state index in [1.54, 1.807) is 16.7 Å². The maximum atomic E-state index is 13.2. The van der Waals surface area contributed by atoms with E-state index in [-0.39, 0.29) is 17.4 Å². The molecule has 0 saturated carbocycles. The molecular formula is C15H15FN4O. The number of nitrogens with one attached hydrogen (secondary N) is 1. The SMILES string of the molecule is O=c1c(N[C@@H]2CCc3cc(F)ccc32)nnc2n1CCC2. The highest BCUT2D eigenvalue weighted by atomic mass is 19.1. The van der Waals surface area contributed by atoms with Gasteiger partial charge in [0.25, 0.3) is 5.56 Å². The molecule has 2 heterocycles. The Labute approximate surface area is 120 Å². The van der Waals surface area contributed by atoms with Gasteiger partial charge in [-0.1, -0.05) is 6.07 Å². The molecule has 0 radical (unpaired) electrons. The molecule has 0 unspecified atom stereocenters. The number of halogens is 1. The quantitative estimate of drug-likeness (QED) is 0.915. The van der Waals surface area contributed by atoms with Crippen LogP contribution in [0.4, 0.5) is 10.2 Å². The predicted molar refractivity (Wildman–Crippen MR) is 75.7 cm³/mol. The topological polar surface area (TPSA) is 59.8 Å². The van der Waals surface area contributed by atoms with Crippen LogP contribution < -0.4 is 10.9 Å². The fraction of sp³-hybridized carbons (Fsp3) is 0.400. The molecule has 1 atom stereocenters. The van der Waals surface area contributed by atoms with Gasteiger partial charge in [0.1, 0.15) is 11.6 Å². The Balaban J connectivity index is 1.66. The zero-order valence-electron chi connectivity index (χ0n) is 11.5. The highest BCUT2D eigenvalue weighted by Gasteiger charge is 2.25. The number of benzene rings is 1. The summed E-state index contributed by atoms with van der Waals surface area (Å²) in [5.74, 6) is 0.842. The van der Waals surface area contributed by atoms with Gasteiger partial charge in [0.15, 0.2) is 0 Å². The molecule has 2 aromatic rings. The summed E-state index contributed by atoms with van der Waals surface area (Å²) in [5.41, 5.74) is 1.94. The van der Waals surface area contributed by atoms with Gasteiger partial charge in [0, 0.05) is 13.0 Å². The molecule has 1 aromatic carbocycles. The van der Waals surface area contributed by atoms with Crippen molar-refractivity contribution in [3.05, 3.63) is 51.3 Å². The first-order valence-corrected chi connectivity index (χ1v) is 7.23. The number of anilines is 1. The maximum Gasteiger partial charge on any atom is 0.296 e. The Morgan fingerprint density at radius 1 is 1.29 bits per heavy atom. The average Bonchev–Trinajstić information content (AvgIpc) is 3.09. The van der Waals surface area contributed by atoms with Crippen molar-refractivity contribution in [3.63, 3.8) is 0 Å². The third-order valence-electron chi connectivity index (χ3n) is 4.30. The first-order valence-electron chi connectivity index (χ1n) is 7.23. The van der Waals surface area contributed by atoms with Crippen molar-refractivity contribution < 1.29 is 4.39 Å². The van der Waals surface area contributed by atoms with E-state index in [1.807, 2.05) is 0 Å². The molecule has 21 heavy (non-hydrogen) atoms. The summed E-state index contributed by atoms with van der Waals surface area (Å²) in [6, 6.07) is 4.81. The van der Waals surface area contributed by atoms with Crippen molar-refractivity contribution >= 4 is 5.82 Å². The van der Waals surface area contributed by atoms with Gasteiger partial charge in [0.2, 0.25) is 5.82 Å². The Morgan fingerprint density at radius 3 is 3.10 bits per heavy atom. The van der Waals surface area contributed by atoms with Crippen LogP contribution in [0.2, 0.25) is 0 Å². The van der Waals surface area contributed by atoms with Crippen LogP contribution in [0.1, 0.15) is 35.8 Å². The third kappa shape index (κ3) is 2.02. The van der Waals surface area contributed by atoms with Crippen LogP contribution >= 0.6 is 0 Å². The van der Waals surface area contributed by atoms with E-state index in [1.165, 1.54) is 6.07 Å². The molecule has 4 rings (SSSR count).